The maximum atomic E-state index is 14.4. The normalized spacial score (nSPS) is 17.5. The molecule has 2 aromatic carbocycles. The van der Waals surface area contributed by atoms with Crippen molar-refractivity contribution in [2.75, 3.05) is 18.6 Å². The highest BCUT2D eigenvalue weighted by Crippen LogP contribution is 2.35. The minimum atomic E-state index is -1.07. The summed E-state index contributed by atoms with van der Waals surface area (Å²) in [4.78, 5) is 42.4. The first kappa shape index (κ1) is 27.2. The fraction of sp³-hybridized carbons (Fsp3) is 0.400. The van der Waals surface area contributed by atoms with Gasteiger partial charge in [0.05, 0.1) is 18.4 Å². The van der Waals surface area contributed by atoms with Crippen LogP contribution in [0.2, 0.25) is 0 Å². The zero-order valence-corrected chi connectivity index (χ0v) is 23.0. The Hall–Kier alpha value is -4.34. The Morgan fingerprint density at radius 3 is 2.52 bits per heavy atom. The molecule has 1 fully saturated rings. The average molecular weight is 547 g/mol. The van der Waals surface area contributed by atoms with Gasteiger partial charge in [-0.25, -0.2) is 4.79 Å². The number of aryl methyl sites for hydroxylation is 2. The number of rotatable bonds is 7. The molecule has 0 spiro atoms. The highest BCUT2D eigenvalue weighted by molar-refractivity contribution is 6.04. The fourth-order valence-corrected chi connectivity index (χ4v) is 5.41. The van der Waals surface area contributed by atoms with Crippen molar-refractivity contribution in [3.8, 4) is 11.5 Å². The summed E-state index contributed by atoms with van der Waals surface area (Å²) in [5, 5.41) is 7.66. The van der Waals surface area contributed by atoms with Crippen LogP contribution < -0.4 is 19.7 Å². The predicted molar refractivity (Wildman–Crippen MR) is 147 cm³/mol. The molecule has 1 aliphatic carbocycles. The number of benzene rings is 2. The van der Waals surface area contributed by atoms with Gasteiger partial charge in [0, 0.05) is 30.5 Å². The number of hydrogen-bond acceptors (Lipinski definition) is 7. The molecule has 1 N–H and O–H groups in total. The van der Waals surface area contributed by atoms with E-state index in [0.29, 0.717) is 28.4 Å². The van der Waals surface area contributed by atoms with Gasteiger partial charge in [0.15, 0.2) is 11.5 Å². The molecule has 0 bridgehead atoms. The maximum absolute atomic E-state index is 14.4. The Labute approximate surface area is 233 Å². The maximum Gasteiger partial charge on any atom is 0.337 e. The molecule has 2 aliphatic rings. The van der Waals surface area contributed by atoms with Gasteiger partial charge in [0.2, 0.25) is 12.0 Å². The number of anilines is 1. The first-order valence-corrected chi connectivity index (χ1v) is 13.6. The van der Waals surface area contributed by atoms with Crippen LogP contribution in [0.1, 0.15) is 59.8 Å². The van der Waals surface area contributed by atoms with E-state index >= 15 is 0 Å². The topological polar surface area (TPSA) is 112 Å². The van der Waals surface area contributed by atoms with Crippen LogP contribution in [0.3, 0.4) is 0 Å². The Morgan fingerprint density at radius 1 is 1.07 bits per heavy atom. The van der Waals surface area contributed by atoms with Crippen molar-refractivity contribution in [1.82, 2.24) is 15.1 Å². The van der Waals surface area contributed by atoms with Crippen LogP contribution in [-0.4, -0.2) is 53.4 Å². The summed E-state index contributed by atoms with van der Waals surface area (Å²) in [6.07, 6.45) is 5.70. The SMILES string of the molecule is COC(=O)c1cccc(N(C(=O)[C@H]2COc3ccccc3O2)[C@@H](C(=O)NC2CCCCC2)c2cn(C)nc2C)c1. The molecule has 3 aromatic rings. The lowest BCUT2D eigenvalue weighted by Crippen LogP contribution is -2.52. The van der Waals surface area contributed by atoms with Crippen molar-refractivity contribution in [2.45, 2.75) is 57.2 Å². The summed E-state index contributed by atoms with van der Waals surface area (Å²) < 4.78 is 18.5. The smallest absolute Gasteiger partial charge is 0.337 e. The van der Waals surface area contributed by atoms with E-state index < -0.39 is 24.0 Å². The zero-order valence-electron chi connectivity index (χ0n) is 23.0. The first-order valence-electron chi connectivity index (χ1n) is 13.6. The Morgan fingerprint density at radius 2 is 1.82 bits per heavy atom. The highest BCUT2D eigenvalue weighted by Gasteiger charge is 2.41. The lowest BCUT2D eigenvalue weighted by atomic mass is 9.94. The molecule has 0 unspecified atom stereocenters. The van der Waals surface area contributed by atoms with Gasteiger partial charge in [-0.1, -0.05) is 37.5 Å². The number of carbonyl (C=O) groups excluding carboxylic acids is 3. The molecule has 10 heteroatoms. The van der Waals surface area contributed by atoms with E-state index in [2.05, 4.69) is 10.4 Å². The quantitative estimate of drug-likeness (QED) is 0.448. The minimum Gasteiger partial charge on any atom is -0.485 e. The molecule has 1 aromatic heterocycles. The van der Waals surface area contributed by atoms with Gasteiger partial charge in [-0.3, -0.25) is 19.2 Å². The average Bonchev–Trinajstić information content (AvgIpc) is 3.31. The lowest BCUT2D eigenvalue weighted by Gasteiger charge is -2.36. The number of methoxy groups -OCH3 is 1. The number of esters is 1. The second kappa shape index (κ2) is 11.8. The summed E-state index contributed by atoms with van der Waals surface area (Å²) in [6.45, 7) is 1.77. The van der Waals surface area contributed by atoms with Gasteiger partial charge in [-0.15, -0.1) is 0 Å². The third-order valence-electron chi connectivity index (χ3n) is 7.37. The van der Waals surface area contributed by atoms with Gasteiger partial charge in [-0.2, -0.15) is 5.10 Å². The van der Waals surface area contributed by atoms with Gasteiger partial charge in [0.1, 0.15) is 12.6 Å². The third-order valence-corrected chi connectivity index (χ3v) is 7.37. The number of nitrogens with one attached hydrogen (secondary N) is 1. The predicted octanol–water partition coefficient (Wildman–Crippen LogP) is 3.88. The lowest BCUT2D eigenvalue weighted by molar-refractivity contribution is -0.132. The van der Waals surface area contributed by atoms with E-state index in [-0.39, 0.29) is 24.1 Å². The molecule has 2 heterocycles. The van der Waals surface area contributed by atoms with Crippen molar-refractivity contribution in [1.29, 1.82) is 0 Å². The number of aromatic nitrogens is 2. The van der Waals surface area contributed by atoms with Gasteiger partial charge >= 0.3 is 5.97 Å². The summed E-state index contributed by atoms with van der Waals surface area (Å²) in [6, 6.07) is 12.6. The van der Waals surface area contributed by atoms with Crippen molar-refractivity contribution in [3.05, 3.63) is 71.5 Å². The number of para-hydroxylation sites is 2. The molecule has 1 saturated carbocycles. The minimum absolute atomic E-state index is 0.0141. The van der Waals surface area contributed by atoms with Crippen LogP contribution in [0.25, 0.3) is 0 Å². The van der Waals surface area contributed by atoms with Crippen molar-refractivity contribution >= 4 is 23.5 Å². The molecule has 2 atom stereocenters. The number of fused-ring (bicyclic) bond motifs is 1. The summed E-state index contributed by atoms with van der Waals surface area (Å²) >= 11 is 0. The van der Waals surface area contributed by atoms with E-state index in [1.165, 1.54) is 12.0 Å². The zero-order chi connectivity index (χ0) is 28.2. The first-order chi connectivity index (χ1) is 19.4. The van der Waals surface area contributed by atoms with E-state index in [4.69, 9.17) is 14.2 Å². The monoisotopic (exact) mass is 546 g/mol. The van der Waals surface area contributed by atoms with Crippen LogP contribution in [0, 0.1) is 6.92 Å². The van der Waals surface area contributed by atoms with Crippen molar-refractivity contribution < 1.29 is 28.6 Å². The largest absolute Gasteiger partial charge is 0.485 e. The van der Waals surface area contributed by atoms with Crippen LogP contribution >= 0.6 is 0 Å². The highest BCUT2D eigenvalue weighted by atomic mass is 16.6. The number of nitrogens with zero attached hydrogens (tertiary/aromatic N) is 3. The van der Waals surface area contributed by atoms with Crippen molar-refractivity contribution in [2.24, 2.45) is 7.05 Å². The van der Waals surface area contributed by atoms with Gasteiger partial charge in [-0.05, 0) is 50.1 Å². The summed E-state index contributed by atoms with van der Waals surface area (Å²) in [7, 11) is 3.06. The van der Waals surface area contributed by atoms with E-state index in [1.807, 2.05) is 6.07 Å². The number of carbonyl (C=O) groups is 3. The van der Waals surface area contributed by atoms with Crippen molar-refractivity contribution in [3.63, 3.8) is 0 Å². The summed E-state index contributed by atoms with van der Waals surface area (Å²) in [5.74, 6) is -0.377. The standard InChI is InChI=1S/C30H34N4O6/c1-19-23(17-33(2)32-19)27(28(35)31-21-11-5-4-6-12-21)34(22-13-9-10-20(16-22)30(37)38-3)29(36)26-18-39-24-14-7-8-15-25(24)40-26/h7-10,13-17,21,26-27H,4-6,11-12,18H2,1-3H3,(H,31,35)/t26-,27-/m1/s1. The molecule has 0 radical (unpaired) electrons. The van der Waals surface area contributed by atoms with E-state index in [1.54, 1.807) is 67.3 Å². The second-order valence-corrected chi connectivity index (χ2v) is 10.2. The molecule has 10 nitrogen and oxygen atoms in total. The molecule has 0 saturated heterocycles. The van der Waals surface area contributed by atoms with Crippen LogP contribution in [-0.2, 0) is 21.4 Å². The van der Waals surface area contributed by atoms with Crippen LogP contribution in [0.15, 0.2) is 54.7 Å². The molecular formula is C30H34N4O6. The van der Waals surface area contributed by atoms with Crippen LogP contribution in [0.5, 0.6) is 11.5 Å². The Bertz CT molecular complexity index is 1400. The molecule has 2 amide bonds. The molecular weight excluding hydrogens is 512 g/mol. The van der Waals surface area contributed by atoms with Gasteiger partial charge < -0.3 is 19.5 Å². The second-order valence-electron chi connectivity index (χ2n) is 10.2. The fourth-order valence-electron chi connectivity index (χ4n) is 5.41. The Kier molecular flexibility index (Phi) is 8.04. The molecule has 210 valence electrons. The molecule has 5 rings (SSSR count). The van der Waals surface area contributed by atoms with E-state index in [9.17, 15) is 14.4 Å². The number of ether oxygens (including phenoxy) is 3. The number of amides is 2. The molecule has 40 heavy (non-hydrogen) atoms. The Balaban J connectivity index is 1.59. The number of hydrogen-bond donors (Lipinski definition) is 1. The van der Waals surface area contributed by atoms with E-state index in [0.717, 1.165) is 32.1 Å². The van der Waals surface area contributed by atoms with Crippen LogP contribution in [0.4, 0.5) is 5.69 Å². The third kappa shape index (κ3) is 5.66. The van der Waals surface area contributed by atoms with Gasteiger partial charge in [0.25, 0.3) is 5.91 Å². The summed E-state index contributed by atoms with van der Waals surface area (Å²) in [5.41, 5.74) is 1.78. The molecule has 1 aliphatic heterocycles.